The largest absolute Gasteiger partial charge is 0.493 e. The van der Waals surface area contributed by atoms with E-state index >= 15 is 0 Å². The molecule has 0 radical (unpaired) electrons. The Balaban J connectivity index is 1.47. The molecular formula is C18H16N2O2. The van der Waals surface area contributed by atoms with Crippen LogP contribution in [0.15, 0.2) is 48.7 Å². The third kappa shape index (κ3) is 2.44. The Morgan fingerprint density at radius 3 is 3.09 bits per heavy atom. The van der Waals surface area contributed by atoms with Crippen molar-refractivity contribution in [3.63, 3.8) is 0 Å². The van der Waals surface area contributed by atoms with Crippen LogP contribution < -0.4 is 10.1 Å². The summed E-state index contributed by atoms with van der Waals surface area (Å²) in [5.74, 6) is 0.891. The van der Waals surface area contributed by atoms with Crippen LogP contribution in [-0.4, -0.2) is 17.5 Å². The third-order valence-electron chi connectivity index (χ3n) is 3.96. The van der Waals surface area contributed by atoms with E-state index in [1.54, 1.807) is 0 Å². The van der Waals surface area contributed by atoms with Gasteiger partial charge in [0.25, 0.3) is 0 Å². The zero-order chi connectivity index (χ0) is 14.9. The molecule has 0 bridgehead atoms. The van der Waals surface area contributed by atoms with Crippen LogP contribution in [0.5, 0.6) is 5.75 Å². The maximum Gasteiger partial charge on any atom is 0.228 e. The first-order chi connectivity index (χ1) is 10.8. The number of H-pyrrole nitrogens is 1. The lowest BCUT2D eigenvalue weighted by molar-refractivity contribution is -0.115. The van der Waals surface area contributed by atoms with Gasteiger partial charge in [0.15, 0.2) is 0 Å². The van der Waals surface area contributed by atoms with Crippen molar-refractivity contribution >= 4 is 22.5 Å². The molecule has 22 heavy (non-hydrogen) atoms. The van der Waals surface area contributed by atoms with Crippen molar-refractivity contribution in [2.24, 2.45) is 0 Å². The monoisotopic (exact) mass is 292 g/mol. The minimum absolute atomic E-state index is 0.0242. The third-order valence-corrected chi connectivity index (χ3v) is 3.96. The maximum atomic E-state index is 12.2. The van der Waals surface area contributed by atoms with Gasteiger partial charge in [0.2, 0.25) is 5.91 Å². The quantitative estimate of drug-likeness (QED) is 0.778. The highest BCUT2D eigenvalue weighted by Crippen LogP contribution is 2.26. The first kappa shape index (κ1) is 13.0. The average molecular weight is 292 g/mol. The van der Waals surface area contributed by atoms with Gasteiger partial charge in [-0.1, -0.05) is 18.2 Å². The smallest absolute Gasteiger partial charge is 0.228 e. The number of rotatable bonds is 3. The molecule has 0 fully saturated rings. The van der Waals surface area contributed by atoms with Crippen LogP contribution in [0, 0.1) is 0 Å². The van der Waals surface area contributed by atoms with E-state index in [0.29, 0.717) is 6.42 Å². The lowest BCUT2D eigenvalue weighted by atomic mass is 10.1. The van der Waals surface area contributed by atoms with Gasteiger partial charge in [0.1, 0.15) is 5.75 Å². The molecule has 0 spiro atoms. The molecule has 1 amide bonds. The Hall–Kier alpha value is -2.75. The van der Waals surface area contributed by atoms with Crippen LogP contribution in [0.25, 0.3) is 10.9 Å². The van der Waals surface area contributed by atoms with Gasteiger partial charge in [0, 0.05) is 23.8 Å². The molecule has 3 aromatic rings. The number of nitrogens with one attached hydrogen (secondary N) is 2. The van der Waals surface area contributed by atoms with E-state index in [1.165, 1.54) is 5.56 Å². The molecular weight excluding hydrogens is 276 g/mol. The van der Waals surface area contributed by atoms with E-state index in [0.717, 1.165) is 40.9 Å². The number of aromatic nitrogens is 1. The SMILES string of the molecule is O=C(Cc1ccc2c(c1)OCC2)Nc1ccc2cc[nH]c2c1. The van der Waals surface area contributed by atoms with Crippen molar-refractivity contribution in [1.82, 2.24) is 4.98 Å². The Morgan fingerprint density at radius 1 is 1.18 bits per heavy atom. The van der Waals surface area contributed by atoms with Gasteiger partial charge in [-0.2, -0.15) is 0 Å². The lowest BCUT2D eigenvalue weighted by Crippen LogP contribution is -2.14. The van der Waals surface area contributed by atoms with Gasteiger partial charge in [-0.15, -0.1) is 0 Å². The molecule has 4 heteroatoms. The van der Waals surface area contributed by atoms with Crippen LogP contribution in [0.1, 0.15) is 11.1 Å². The number of ether oxygens (including phenoxy) is 1. The molecule has 1 aliphatic rings. The molecule has 0 saturated heterocycles. The van der Waals surface area contributed by atoms with E-state index in [1.807, 2.05) is 42.6 Å². The van der Waals surface area contributed by atoms with Gasteiger partial charge < -0.3 is 15.0 Å². The van der Waals surface area contributed by atoms with Crippen LogP contribution in [-0.2, 0) is 17.6 Å². The molecule has 2 aromatic carbocycles. The predicted octanol–water partition coefficient (Wildman–Crippen LogP) is 3.28. The normalized spacial score (nSPS) is 12.9. The molecule has 0 saturated carbocycles. The predicted molar refractivity (Wildman–Crippen MR) is 86.3 cm³/mol. The summed E-state index contributed by atoms with van der Waals surface area (Å²) in [5.41, 5.74) is 4.02. The second-order valence-electron chi connectivity index (χ2n) is 5.55. The summed E-state index contributed by atoms with van der Waals surface area (Å²) in [6, 6.07) is 13.9. The minimum atomic E-state index is -0.0242. The van der Waals surface area contributed by atoms with Gasteiger partial charge in [-0.3, -0.25) is 4.79 Å². The number of hydrogen-bond donors (Lipinski definition) is 2. The number of anilines is 1. The van der Waals surface area contributed by atoms with Crippen molar-refractivity contribution in [2.45, 2.75) is 12.8 Å². The van der Waals surface area contributed by atoms with Crippen molar-refractivity contribution in [3.8, 4) is 5.75 Å². The topological polar surface area (TPSA) is 54.1 Å². The number of hydrogen-bond acceptors (Lipinski definition) is 2. The maximum absolute atomic E-state index is 12.2. The molecule has 4 rings (SSSR count). The zero-order valence-corrected chi connectivity index (χ0v) is 12.1. The van der Waals surface area contributed by atoms with Crippen molar-refractivity contribution in [2.75, 3.05) is 11.9 Å². The summed E-state index contributed by atoms with van der Waals surface area (Å²) in [7, 11) is 0. The number of aromatic amines is 1. The van der Waals surface area contributed by atoms with Crippen molar-refractivity contribution < 1.29 is 9.53 Å². The Bertz CT molecular complexity index is 851. The fraction of sp³-hybridized carbons (Fsp3) is 0.167. The first-order valence-electron chi connectivity index (χ1n) is 7.39. The molecule has 0 atom stereocenters. The molecule has 2 N–H and O–H groups in total. The van der Waals surface area contributed by atoms with E-state index in [4.69, 9.17) is 4.74 Å². The summed E-state index contributed by atoms with van der Waals surface area (Å²) in [6.07, 6.45) is 3.19. The van der Waals surface area contributed by atoms with E-state index < -0.39 is 0 Å². The Morgan fingerprint density at radius 2 is 2.14 bits per heavy atom. The first-order valence-corrected chi connectivity index (χ1v) is 7.39. The lowest BCUT2D eigenvalue weighted by Gasteiger charge is -2.07. The van der Waals surface area contributed by atoms with E-state index in [9.17, 15) is 4.79 Å². The second-order valence-corrected chi connectivity index (χ2v) is 5.55. The number of benzene rings is 2. The van der Waals surface area contributed by atoms with Crippen LogP contribution >= 0.6 is 0 Å². The summed E-state index contributed by atoms with van der Waals surface area (Å²) >= 11 is 0. The molecule has 2 heterocycles. The highest BCUT2D eigenvalue weighted by molar-refractivity contribution is 5.94. The summed E-state index contributed by atoms with van der Waals surface area (Å²) in [6.45, 7) is 0.737. The van der Waals surface area contributed by atoms with Crippen LogP contribution in [0.2, 0.25) is 0 Å². The highest BCUT2D eigenvalue weighted by Gasteiger charge is 2.13. The molecule has 110 valence electrons. The molecule has 1 aromatic heterocycles. The zero-order valence-electron chi connectivity index (χ0n) is 12.1. The minimum Gasteiger partial charge on any atom is -0.493 e. The van der Waals surface area contributed by atoms with E-state index in [2.05, 4.69) is 16.4 Å². The second kappa shape index (κ2) is 5.22. The molecule has 0 unspecified atom stereocenters. The van der Waals surface area contributed by atoms with Crippen LogP contribution in [0.3, 0.4) is 0 Å². The number of fused-ring (bicyclic) bond motifs is 2. The summed E-state index contributed by atoms with van der Waals surface area (Å²) in [4.78, 5) is 15.3. The van der Waals surface area contributed by atoms with Crippen molar-refractivity contribution in [3.05, 3.63) is 59.8 Å². The van der Waals surface area contributed by atoms with Gasteiger partial charge >= 0.3 is 0 Å². The average Bonchev–Trinajstić information content (AvgIpc) is 3.14. The van der Waals surface area contributed by atoms with Gasteiger partial charge in [-0.25, -0.2) is 0 Å². The summed E-state index contributed by atoms with van der Waals surface area (Å²) in [5, 5.41) is 4.07. The molecule has 1 aliphatic heterocycles. The fourth-order valence-corrected chi connectivity index (χ4v) is 2.84. The van der Waals surface area contributed by atoms with Gasteiger partial charge in [-0.05, 0) is 40.8 Å². The standard InChI is InChI=1S/C18H16N2O2/c21-18(10-12-1-2-14-6-8-22-17(14)9-12)20-15-4-3-13-5-7-19-16(13)11-15/h1-5,7,9,11,19H,6,8,10H2,(H,20,21). The Kier molecular flexibility index (Phi) is 3.07. The number of carbonyl (C=O) groups is 1. The van der Waals surface area contributed by atoms with E-state index in [-0.39, 0.29) is 5.91 Å². The fourth-order valence-electron chi connectivity index (χ4n) is 2.84. The number of carbonyl (C=O) groups excluding carboxylic acids is 1. The summed E-state index contributed by atoms with van der Waals surface area (Å²) < 4.78 is 5.54. The Labute approximate surface area is 128 Å². The highest BCUT2D eigenvalue weighted by atomic mass is 16.5. The number of amides is 1. The molecule has 4 nitrogen and oxygen atoms in total. The molecule has 0 aliphatic carbocycles. The van der Waals surface area contributed by atoms with Crippen LogP contribution in [0.4, 0.5) is 5.69 Å². The van der Waals surface area contributed by atoms with Gasteiger partial charge in [0.05, 0.1) is 13.0 Å². The van der Waals surface area contributed by atoms with Crippen molar-refractivity contribution in [1.29, 1.82) is 0 Å².